The van der Waals surface area contributed by atoms with Crippen molar-refractivity contribution in [2.75, 3.05) is 4.90 Å². The highest BCUT2D eigenvalue weighted by Gasteiger charge is 2.41. The molecule has 0 heterocycles. The maximum atomic E-state index is 2.53. The molecule has 9 aromatic rings. The Morgan fingerprint density at radius 1 is 0.339 bits per heavy atom. The molecule has 0 aromatic heterocycles. The van der Waals surface area contributed by atoms with Gasteiger partial charge in [0.1, 0.15) is 0 Å². The molecular formula is C58H45N. The highest BCUT2D eigenvalue weighted by molar-refractivity contribution is 6.06. The van der Waals surface area contributed by atoms with Gasteiger partial charge in [-0.1, -0.05) is 191 Å². The van der Waals surface area contributed by atoms with Crippen LogP contribution in [0.2, 0.25) is 0 Å². The zero-order chi connectivity index (χ0) is 39.9. The van der Waals surface area contributed by atoms with Crippen molar-refractivity contribution in [3.63, 3.8) is 0 Å². The van der Waals surface area contributed by atoms with Crippen molar-refractivity contribution in [2.45, 2.75) is 38.5 Å². The standard InChI is InChI=1S/C58H45N/c1-57(2)51-22-14-13-21-48(51)49-34-32-46(37-53(49)57)59(45-30-27-42(28-31-45)41-25-23-40(24-26-41)38-15-7-5-8-16-38)54-36-44-19-11-12-20-47(44)56-55(54)50-33-29-43(35-52(50)58(56,3)4)39-17-9-6-10-18-39/h5-37H,1-4H3. The van der Waals surface area contributed by atoms with Gasteiger partial charge in [0.25, 0.3) is 0 Å². The highest BCUT2D eigenvalue weighted by atomic mass is 15.1. The lowest BCUT2D eigenvalue weighted by Gasteiger charge is -2.31. The molecule has 0 radical (unpaired) electrons. The van der Waals surface area contributed by atoms with Gasteiger partial charge in [-0.2, -0.15) is 0 Å². The highest BCUT2D eigenvalue weighted by Crippen LogP contribution is 2.58. The van der Waals surface area contributed by atoms with Crippen molar-refractivity contribution >= 4 is 27.8 Å². The maximum absolute atomic E-state index is 2.53. The molecule has 2 aliphatic carbocycles. The van der Waals surface area contributed by atoms with Gasteiger partial charge in [0.05, 0.1) is 5.69 Å². The average Bonchev–Trinajstić information content (AvgIpc) is 3.67. The van der Waals surface area contributed by atoms with Crippen molar-refractivity contribution in [1.29, 1.82) is 0 Å². The molecule has 0 atom stereocenters. The van der Waals surface area contributed by atoms with Gasteiger partial charge in [-0.05, 0) is 119 Å². The summed E-state index contributed by atoms with van der Waals surface area (Å²) >= 11 is 0. The van der Waals surface area contributed by atoms with Gasteiger partial charge in [-0.3, -0.25) is 0 Å². The second-order valence-corrected chi connectivity index (χ2v) is 17.3. The van der Waals surface area contributed by atoms with E-state index < -0.39 is 0 Å². The van der Waals surface area contributed by atoms with Gasteiger partial charge in [0.2, 0.25) is 0 Å². The molecule has 0 unspecified atom stereocenters. The fraction of sp³-hybridized carbons (Fsp3) is 0.103. The lowest BCUT2D eigenvalue weighted by Crippen LogP contribution is -2.18. The van der Waals surface area contributed by atoms with Gasteiger partial charge in [0.15, 0.2) is 0 Å². The van der Waals surface area contributed by atoms with E-state index in [0.717, 1.165) is 11.4 Å². The van der Waals surface area contributed by atoms with Crippen LogP contribution in [-0.2, 0) is 10.8 Å². The van der Waals surface area contributed by atoms with Gasteiger partial charge in [-0.15, -0.1) is 0 Å². The maximum Gasteiger partial charge on any atom is 0.0549 e. The first-order chi connectivity index (χ1) is 28.8. The van der Waals surface area contributed by atoms with E-state index in [4.69, 9.17) is 0 Å². The Morgan fingerprint density at radius 2 is 0.831 bits per heavy atom. The Bertz CT molecular complexity index is 3060. The fourth-order valence-corrected chi connectivity index (χ4v) is 10.2. The summed E-state index contributed by atoms with van der Waals surface area (Å²) in [7, 11) is 0. The topological polar surface area (TPSA) is 3.24 Å². The number of hydrogen-bond acceptors (Lipinski definition) is 1. The molecule has 0 saturated heterocycles. The number of fused-ring (bicyclic) bond motifs is 8. The largest absolute Gasteiger partial charge is 0.310 e. The summed E-state index contributed by atoms with van der Waals surface area (Å²) < 4.78 is 0. The van der Waals surface area contributed by atoms with E-state index in [1.54, 1.807) is 0 Å². The van der Waals surface area contributed by atoms with Crippen LogP contribution in [0.15, 0.2) is 200 Å². The van der Waals surface area contributed by atoms with Crippen LogP contribution in [-0.4, -0.2) is 0 Å². The molecule has 1 heteroatoms. The van der Waals surface area contributed by atoms with E-state index in [-0.39, 0.29) is 10.8 Å². The third-order valence-electron chi connectivity index (χ3n) is 13.2. The van der Waals surface area contributed by atoms with Gasteiger partial charge >= 0.3 is 0 Å². The van der Waals surface area contributed by atoms with Gasteiger partial charge in [-0.25, -0.2) is 0 Å². The number of benzene rings is 9. The summed E-state index contributed by atoms with van der Waals surface area (Å²) in [5.41, 5.74) is 21.3. The summed E-state index contributed by atoms with van der Waals surface area (Å²) in [4.78, 5) is 2.53. The molecule has 2 aliphatic rings. The Morgan fingerprint density at radius 3 is 1.53 bits per heavy atom. The smallest absolute Gasteiger partial charge is 0.0549 e. The quantitative estimate of drug-likeness (QED) is 0.163. The van der Waals surface area contributed by atoms with E-state index >= 15 is 0 Å². The Labute approximate surface area is 347 Å². The van der Waals surface area contributed by atoms with Crippen LogP contribution in [0.5, 0.6) is 0 Å². The summed E-state index contributed by atoms with van der Waals surface area (Å²) in [5, 5.41) is 2.56. The molecule has 9 aromatic carbocycles. The van der Waals surface area contributed by atoms with Crippen LogP contribution in [0.3, 0.4) is 0 Å². The summed E-state index contributed by atoms with van der Waals surface area (Å²) in [6.07, 6.45) is 0. The lowest BCUT2D eigenvalue weighted by molar-refractivity contribution is 0.660. The summed E-state index contributed by atoms with van der Waals surface area (Å²) in [6.45, 7) is 9.58. The molecule has 59 heavy (non-hydrogen) atoms. The first kappa shape index (κ1) is 35.2. The number of nitrogens with zero attached hydrogens (tertiary/aromatic N) is 1. The molecule has 0 saturated carbocycles. The molecule has 0 aliphatic heterocycles. The monoisotopic (exact) mass is 755 g/mol. The molecule has 0 N–H and O–H groups in total. The Balaban J connectivity index is 1.12. The molecular weight excluding hydrogens is 711 g/mol. The molecule has 0 spiro atoms. The molecule has 0 amide bonds. The second-order valence-electron chi connectivity index (χ2n) is 17.3. The molecule has 11 rings (SSSR count). The van der Waals surface area contributed by atoms with Crippen LogP contribution in [0.1, 0.15) is 49.9 Å². The van der Waals surface area contributed by atoms with Crippen molar-refractivity contribution in [3.8, 4) is 55.6 Å². The number of anilines is 3. The van der Waals surface area contributed by atoms with E-state index in [0.29, 0.717) is 0 Å². The fourth-order valence-electron chi connectivity index (χ4n) is 10.2. The lowest BCUT2D eigenvalue weighted by atomic mass is 9.79. The average molecular weight is 756 g/mol. The normalized spacial score (nSPS) is 14.0. The van der Waals surface area contributed by atoms with Crippen molar-refractivity contribution in [2.24, 2.45) is 0 Å². The molecule has 282 valence electrons. The van der Waals surface area contributed by atoms with E-state index in [9.17, 15) is 0 Å². The van der Waals surface area contributed by atoms with Crippen molar-refractivity contribution in [3.05, 3.63) is 222 Å². The van der Waals surface area contributed by atoms with E-state index in [2.05, 4.69) is 233 Å². The summed E-state index contributed by atoms with van der Waals surface area (Å²) in [5.74, 6) is 0. The minimum Gasteiger partial charge on any atom is -0.310 e. The number of rotatable bonds is 6. The van der Waals surface area contributed by atoms with Crippen LogP contribution in [0.4, 0.5) is 17.1 Å². The van der Waals surface area contributed by atoms with E-state index in [1.165, 1.54) is 94.3 Å². The van der Waals surface area contributed by atoms with Crippen LogP contribution in [0.25, 0.3) is 66.4 Å². The molecule has 0 fully saturated rings. The third kappa shape index (κ3) is 5.53. The predicted octanol–water partition coefficient (Wildman–Crippen LogP) is 15.9. The zero-order valence-electron chi connectivity index (χ0n) is 34.0. The van der Waals surface area contributed by atoms with Crippen LogP contribution >= 0.6 is 0 Å². The van der Waals surface area contributed by atoms with Gasteiger partial charge < -0.3 is 4.90 Å². The predicted molar refractivity (Wildman–Crippen MR) is 250 cm³/mol. The first-order valence-electron chi connectivity index (χ1n) is 20.8. The SMILES string of the molecule is CC1(C)c2ccccc2-c2ccc(N(c3ccc(-c4ccc(-c5ccccc5)cc4)cc3)c3cc4ccccc4c4c3-c3ccc(-c5ccccc5)cc3C4(C)C)cc21. The minimum absolute atomic E-state index is 0.128. The Hall–Kier alpha value is -6.96. The third-order valence-corrected chi connectivity index (χ3v) is 13.2. The van der Waals surface area contributed by atoms with E-state index in [1.807, 2.05) is 0 Å². The Kier molecular flexibility index (Phi) is 7.94. The molecule has 0 bridgehead atoms. The molecule has 1 nitrogen and oxygen atoms in total. The second kappa shape index (κ2) is 13.3. The van der Waals surface area contributed by atoms with Gasteiger partial charge in [0, 0.05) is 27.8 Å². The van der Waals surface area contributed by atoms with Crippen molar-refractivity contribution < 1.29 is 0 Å². The van der Waals surface area contributed by atoms with Crippen molar-refractivity contribution in [1.82, 2.24) is 0 Å². The zero-order valence-corrected chi connectivity index (χ0v) is 34.0. The number of hydrogen-bond donors (Lipinski definition) is 0. The van der Waals surface area contributed by atoms with Crippen LogP contribution < -0.4 is 4.90 Å². The van der Waals surface area contributed by atoms with Crippen LogP contribution in [0, 0.1) is 0 Å². The summed E-state index contributed by atoms with van der Waals surface area (Å²) in [6, 6.07) is 74.2. The minimum atomic E-state index is -0.228. The first-order valence-corrected chi connectivity index (χ1v) is 20.8.